The number of nitrogens with zero attached hydrogens (tertiary/aromatic N) is 1. The molecule has 0 saturated heterocycles. The Labute approximate surface area is 315 Å². The van der Waals surface area contributed by atoms with Gasteiger partial charge in [-0.15, -0.1) is 0 Å². The Hall–Kier alpha value is -6.49. The largest absolute Gasteiger partial charge is 0.453 e. The molecule has 0 spiro atoms. The molecule has 0 aliphatic rings. The maximum atomic E-state index is 6.62. The minimum absolute atomic E-state index is 0.0549. The van der Waals surface area contributed by atoms with Crippen LogP contribution in [0.25, 0.3) is 87.0 Å². The fourth-order valence-corrected chi connectivity index (χ4v) is 9.66. The van der Waals surface area contributed by atoms with Gasteiger partial charge in [-0.25, -0.2) is 0 Å². The van der Waals surface area contributed by atoms with Gasteiger partial charge in [-0.2, -0.15) is 0 Å². The van der Waals surface area contributed by atoms with E-state index in [9.17, 15) is 0 Å². The molecule has 7 nitrogen and oxygen atoms in total. The van der Waals surface area contributed by atoms with Gasteiger partial charge in [0.2, 0.25) is 0 Å². The smallest absolute Gasteiger partial charge is 0.399 e. The van der Waals surface area contributed by atoms with Crippen molar-refractivity contribution in [2.24, 2.45) is 0 Å². The highest BCUT2D eigenvalue weighted by molar-refractivity contribution is 7.32. The van der Waals surface area contributed by atoms with Gasteiger partial charge in [-0.05, 0) is 79.5 Å². The van der Waals surface area contributed by atoms with Crippen LogP contribution < -0.4 is 9.05 Å². The maximum absolute atomic E-state index is 6.62. The van der Waals surface area contributed by atoms with Crippen molar-refractivity contribution in [3.63, 3.8) is 0 Å². The molecule has 0 fully saturated rings. The van der Waals surface area contributed by atoms with Gasteiger partial charge in [-0.1, -0.05) is 121 Å². The lowest BCUT2D eigenvalue weighted by atomic mass is 9.99. The summed E-state index contributed by atoms with van der Waals surface area (Å²) >= 11 is 0. The van der Waals surface area contributed by atoms with E-state index in [1.165, 1.54) is 0 Å². The monoisotopic (exact) mass is 753 g/mol. The summed E-state index contributed by atoms with van der Waals surface area (Å²) in [5, 5.41) is 12.6. The van der Waals surface area contributed by atoms with Crippen LogP contribution >= 0.6 is 16.5 Å². The van der Waals surface area contributed by atoms with Gasteiger partial charge in [0, 0.05) is 27.7 Å². The second kappa shape index (κ2) is 13.1. The SMILES string of the molecule is c1cnc(COp2oc3ccc4ccccc4c3c3c(ccc4ccccc43)o2)c(Op2oc3ccc4ccccc4c3c3c(ccc4ccccc43)o2)c1. The first-order valence-electron chi connectivity index (χ1n) is 17.9. The van der Waals surface area contributed by atoms with E-state index in [4.69, 9.17) is 25.8 Å². The first-order valence-corrected chi connectivity index (χ1v) is 20.1. The lowest BCUT2D eigenvalue weighted by molar-refractivity contribution is 0.353. The highest BCUT2D eigenvalue weighted by atomic mass is 31.1. The normalized spacial score (nSPS) is 11.8. The van der Waals surface area contributed by atoms with Crippen molar-refractivity contribution in [3.8, 4) is 5.75 Å². The van der Waals surface area contributed by atoms with E-state index < -0.39 is 16.5 Å². The zero-order chi connectivity index (χ0) is 36.3. The van der Waals surface area contributed by atoms with E-state index in [2.05, 4.69) is 77.8 Å². The predicted molar refractivity (Wildman–Crippen MR) is 223 cm³/mol. The average molecular weight is 754 g/mol. The summed E-state index contributed by atoms with van der Waals surface area (Å²) in [5.74, 6) is 0.475. The molecule has 11 aromatic rings. The fraction of sp³-hybridized carbons (Fsp3) is 0.0217. The number of aromatic nitrogens is 1. The highest BCUT2D eigenvalue weighted by Gasteiger charge is 2.18. The molecule has 0 aliphatic carbocycles. The summed E-state index contributed by atoms with van der Waals surface area (Å²) in [6.45, 7) is 0.0549. The van der Waals surface area contributed by atoms with E-state index in [1.54, 1.807) is 6.20 Å². The molecule has 0 bridgehead atoms. The molecule has 0 radical (unpaired) electrons. The van der Waals surface area contributed by atoms with E-state index in [1.807, 2.05) is 84.9 Å². The molecule has 0 atom stereocenters. The molecule has 3 aromatic heterocycles. The Morgan fingerprint density at radius 3 is 1.20 bits per heavy atom. The number of fused-ring (bicyclic) bond motifs is 14. The van der Waals surface area contributed by atoms with Gasteiger partial charge in [0.15, 0.2) is 5.75 Å². The predicted octanol–water partition coefficient (Wildman–Crippen LogP) is 14.4. The molecule has 0 saturated carbocycles. The van der Waals surface area contributed by atoms with Crippen LogP contribution in [0.3, 0.4) is 0 Å². The summed E-state index contributed by atoms with van der Waals surface area (Å²) in [7, 11) is -3.86. The lowest BCUT2D eigenvalue weighted by Crippen LogP contribution is -1.98. The number of pyridine rings is 1. The van der Waals surface area contributed by atoms with Crippen LogP contribution in [0.1, 0.15) is 5.69 Å². The van der Waals surface area contributed by atoms with Gasteiger partial charge in [0.05, 0.1) is 0 Å². The molecule has 55 heavy (non-hydrogen) atoms. The lowest BCUT2D eigenvalue weighted by Gasteiger charge is -2.07. The summed E-state index contributed by atoms with van der Waals surface area (Å²) in [4.78, 5) is 4.66. The van der Waals surface area contributed by atoms with Gasteiger partial charge in [-0.3, -0.25) is 9.51 Å². The van der Waals surface area contributed by atoms with Gasteiger partial charge < -0.3 is 21.3 Å². The molecular weight excluding hydrogens is 724 g/mol. The third-order valence-corrected chi connectivity index (χ3v) is 12.2. The van der Waals surface area contributed by atoms with Crippen molar-refractivity contribution < 1.29 is 25.8 Å². The molecule has 0 N–H and O–H groups in total. The molecule has 8 aromatic carbocycles. The highest BCUT2D eigenvalue weighted by Crippen LogP contribution is 2.44. The van der Waals surface area contributed by atoms with Crippen LogP contribution in [0.2, 0.25) is 0 Å². The number of rotatable bonds is 5. The van der Waals surface area contributed by atoms with E-state index in [-0.39, 0.29) is 6.61 Å². The number of benzene rings is 8. The Balaban J connectivity index is 1.03. The second-order valence-corrected chi connectivity index (χ2v) is 15.3. The van der Waals surface area contributed by atoms with Gasteiger partial charge >= 0.3 is 16.5 Å². The van der Waals surface area contributed by atoms with Crippen molar-refractivity contribution in [1.29, 1.82) is 0 Å². The zero-order valence-corrected chi connectivity index (χ0v) is 30.9. The topological polar surface area (TPSA) is 83.9 Å². The Morgan fingerprint density at radius 1 is 0.400 bits per heavy atom. The summed E-state index contributed by atoms with van der Waals surface area (Å²) in [6, 6.07) is 53.2. The summed E-state index contributed by atoms with van der Waals surface area (Å²) < 4.78 is 39.4. The summed E-state index contributed by atoms with van der Waals surface area (Å²) in [5.41, 5.74) is 3.30. The van der Waals surface area contributed by atoms with Crippen molar-refractivity contribution in [1.82, 2.24) is 4.98 Å². The summed E-state index contributed by atoms with van der Waals surface area (Å²) in [6.07, 6.45) is 1.71. The molecular formula is C46H29NO6P2. The second-order valence-electron chi connectivity index (χ2n) is 13.3. The minimum atomic E-state index is -1.96. The molecule has 0 amide bonds. The third kappa shape index (κ3) is 5.52. The standard InChI is InChI=1S/C46H29NO6P2/c1-5-14-33-29(10-1)19-23-39-43(33)44-34-15-6-2-11-30(34)20-24-40(44)51-54(50-39)48-28-37-38(18-9-27-47-37)49-55-52-41-25-21-31-12-3-7-16-35(31)45(41)46-36-17-8-4-13-32(36)22-26-42(46)53-55/h1-27H,28H2. The Kier molecular flexibility index (Phi) is 7.63. The van der Waals surface area contributed by atoms with Crippen molar-refractivity contribution >= 4 is 103 Å². The molecule has 3 heterocycles. The molecule has 0 aliphatic heterocycles. The molecule has 11 rings (SSSR count). The van der Waals surface area contributed by atoms with Crippen molar-refractivity contribution in [2.45, 2.75) is 6.61 Å². The third-order valence-electron chi connectivity index (χ3n) is 10.1. The van der Waals surface area contributed by atoms with Crippen LogP contribution in [0.4, 0.5) is 0 Å². The minimum Gasteiger partial charge on any atom is -0.399 e. The maximum Gasteiger partial charge on any atom is 0.453 e. The van der Waals surface area contributed by atoms with Crippen LogP contribution in [-0.4, -0.2) is 4.98 Å². The van der Waals surface area contributed by atoms with Crippen LogP contribution in [-0.2, 0) is 6.61 Å². The first-order chi connectivity index (χ1) is 27.2. The Bertz CT molecular complexity index is 3200. The number of hydrogen-bond acceptors (Lipinski definition) is 7. The molecule has 0 unspecified atom stereocenters. The van der Waals surface area contributed by atoms with E-state index >= 15 is 0 Å². The molecule has 264 valence electrons. The van der Waals surface area contributed by atoms with E-state index in [0.29, 0.717) is 33.8 Å². The quantitative estimate of drug-likeness (QED) is 0.173. The van der Waals surface area contributed by atoms with Crippen LogP contribution in [0.15, 0.2) is 181 Å². The van der Waals surface area contributed by atoms with Crippen LogP contribution in [0.5, 0.6) is 5.75 Å². The van der Waals surface area contributed by atoms with Crippen molar-refractivity contribution in [3.05, 3.63) is 170 Å². The first kappa shape index (κ1) is 32.0. The average Bonchev–Trinajstić information content (AvgIpc) is 3.51. The fourth-order valence-electron chi connectivity index (χ4n) is 7.60. The zero-order valence-electron chi connectivity index (χ0n) is 29.1. The number of hydrogen-bond donors (Lipinski definition) is 0. The molecule has 9 heteroatoms. The van der Waals surface area contributed by atoms with Gasteiger partial charge in [0.1, 0.15) is 34.6 Å². The van der Waals surface area contributed by atoms with Crippen LogP contribution in [0, 0.1) is 0 Å². The van der Waals surface area contributed by atoms with E-state index in [0.717, 1.165) is 64.6 Å². The van der Waals surface area contributed by atoms with Crippen molar-refractivity contribution in [2.75, 3.05) is 0 Å². The Morgan fingerprint density at radius 2 is 0.782 bits per heavy atom. The van der Waals surface area contributed by atoms with Gasteiger partial charge in [0.25, 0.3) is 0 Å².